The lowest BCUT2D eigenvalue weighted by Crippen LogP contribution is -2.01. The van der Waals surface area contributed by atoms with Gasteiger partial charge in [0.15, 0.2) is 0 Å². The summed E-state index contributed by atoms with van der Waals surface area (Å²) in [6.07, 6.45) is 1.56. The van der Waals surface area contributed by atoms with Gasteiger partial charge >= 0.3 is 0 Å². The highest BCUT2D eigenvalue weighted by Gasteiger charge is 2.10. The number of nitrogens with two attached hydrogens (primary N) is 1. The van der Waals surface area contributed by atoms with Crippen LogP contribution in [0.1, 0.15) is 0 Å². The zero-order chi connectivity index (χ0) is 13.8. The quantitative estimate of drug-likeness (QED) is 0.895. The van der Waals surface area contributed by atoms with Crippen molar-refractivity contribution < 1.29 is 9.47 Å². The van der Waals surface area contributed by atoms with Crippen LogP contribution in [0.4, 0.5) is 17.5 Å². The smallest absolute Gasteiger partial charge is 0.221 e. The molecule has 0 bridgehead atoms. The SMILES string of the molecule is COc1cc(OC)c(Nc2ccnc(N)n2)cc1Cl. The molecule has 7 heteroatoms. The Morgan fingerprint density at radius 3 is 2.58 bits per heavy atom. The molecule has 0 unspecified atom stereocenters. The Labute approximate surface area is 115 Å². The molecule has 0 atom stereocenters. The Kier molecular flexibility index (Phi) is 3.91. The molecule has 2 aromatic rings. The minimum absolute atomic E-state index is 0.184. The summed E-state index contributed by atoms with van der Waals surface area (Å²) in [5, 5.41) is 3.53. The molecule has 1 aromatic carbocycles. The van der Waals surface area contributed by atoms with Crippen LogP contribution < -0.4 is 20.5 Å². The number of halogens is 1. The van der Waals surface area contributed by atoms with Crippen molar-refractivity contribution in [2.75, 3.05) is 25.3 Å². The molecule has 0 spiro atoms. The lowest BCUT2D eigenvalue weighted by atomic mass is 10.2. The Morgan fingerprint density at radius 2 is 1.95 bits per heavy atom. The summed E-state index contributed by atoms with van der Waals surface area (Å²) in [5.41, 5.74) is 6.18. The molecule has 0 saturated carbocycles. The molecule has 3 N–H and O–H groups in total. The number of hydrogen-bond acceptors (Lipinski definition) is 6. The summed E-state index contributed by atoms with van der Waals surface area (Å²) in [5.74, 6) is 1.85. The van der Waals surface area contributed by atoms with Gasteiger partial charge in [-0.1, -0.05) is 11.6 Å². The van der Waals surface area contributed by atoms with E-state index in [0.29, 0.717) is 28.0 Å². The molecule has 0 saturated heterocycles. The number of anilines is 3. The fourth-order valence-corrected chi connectivity index (χ4v) is 1.78. The second kappa shape index (κ2) is 5.62. The summed E-state index contributed by atoms with van der Waals surface area (Å²) < 4.78 is 10.4. The number of aromatic nitrogens is 2. The molecular weight excluding hydrogens is 268 g/mol. The van der Waals surface area contributed by atoms with Crippen molar-refractivity contribution in [3.63, 3.8) is 0 Å². The molecule has 0 aliphatic heterocycles. The van der Waals surface area contributed by atoms with E-state index in [4.69, 9.17) is 26.8 Å². The van der Waals surface area contributed by atoms with Crippen LogP contribution in [0.5, 0.6) is 11.5 Å². The van der Waals surface area contributed by atoms with Gasteiger partial charge in [-0.15, -0.1) is 0 Å². The van der Waals surface area contributed by atoms with Gasteiger partial charge in [-0.3, -0.25) is 0 Å². The molecule has 0 aliphatic rings. The van der Waals surface area contributed by atoms with E-state index < -0.39 is 0 Å². The Bertz CT molecular complexity index is 592. The van der Waals surface area contributed by atoms with Gasteiger partial charge in [-0.05, 0) is 12.1 Å². The van der Waals surface area contributed by atoms with Crippen LogP contribution in [0.15, 0.2) is 24.4 Å². The average molecular weight is 281 g/mol. The summed E-state index contributed by atoms with van der Waals surface area (Å²) in [6.45, 7) is 0. The highest BCUT2D eigenvalue weighted by molar-refractivity contribution is 6.32. The van der Waals surface area contributed by atoms with Crippen molar-refractivity contribution in [3.05, 3.63) is 29.4 Å². The predicted octanol–water partition coefficient (Wildman–Crippen LogP) is 2.47. The molecule has 1 heterocycles. The molecule has 6 nitrogen and oxygen atoms in total. The zero-order valence-electron chi connectivity index (χ0n) is 10.5. The monoisotopic (exact) mass is 280 g/mol. The van der Waals surface area contributed by atoms with Crippen molar-refractivity contribution in [1.82, 2.24) is 9.97 Å². The molecule has 0 fully saturated rings. The average Bonchev–Trinajstić information content (AvgIpc) is 2.39. The maximum absolute atomic E-state index is 6.08. The molecule has 100 valence electrons. The van der Waals surface area contributed by atoms with Crippen molar-refractivity contribution >= 4 is 29.1 Å². The summed E-state index contributed by atoms with van der Waals surface area (Å²) >= 11 is 6.08. The van der Waals surface area contributed by atoms with Crippen molar-refractivity contribution in [3.8, 4) is 11.5 Å². The van der Waals surface area contributed by atoms with Gasteiger partial charge in [0.25, 0.3) is 0 Å². The zero-order valence-corrected chi connectivity index (χ0v) is 11.2. The van der Waals surface area contributed by atoms with E-state index in [9.17, 15) is 0 Å². The number of benzene rings is 1. The van der Waals surface area contributed by atoms with E-state index in [1.54, 1.807) is 38.6 Å². The first-order chi connectivity index (χ1) is 9.13. The standard InChI is InChI=1S/C12H13ClN4O2/c1-18-9-6-10(19-2)8(5-7(9)13)16-11-3-4-15-12(14)17-11/h3-6H,1-2H3,(H3,14,15,16,17). The Balaban J connectivity index is 2.36. The fraction of sp³-hybridized carbons (Fsp3) is 0.167. The summed E-state index contributed by atoms with van der Waals surface area (Å²) in [4.78, 5) is 7.86. The van der Waals surface area contributed by atoms with E-state index in [-0.39, 0.29) is 5.95 Å². The number of hydrogen-bond donors (Lipinski definition) is 2. The Morgan fingerprint density at radius 1 is 1.21 bits per heavy atom. The van der Waals surface area contributed by atoms with Crippen molar-refractivity contribution in [2.45, 2.75) is 0 Å². The molecule has 0 amide bonds. The van der Waals surface area contributed by atoms with E-state index in [1.165, 1.54) is 0 Å². The largest absolute Gasteiger partial charge is 0.495 e. The molecule has 19 heavy (non-hydrogen) atoms. The highest BCUT2D eigenvalue weighted by Crippen LogP contribution is 2.36. The van der Waals surface area contributed by atoms with E-state index in [0.717, 1.165) is 0 Å². The topological polar surface area (TPSA) is 82.3 Å². The van der Waals surface area contributed by atoms with Crippen LogP contribution >= 0.6 is 11.6 Å². The number of methoxy groups -OCH3 is 2. The molecule has 0 aliphatic carbocycles. The fourth-order valence-electron chi connectivity index (χ4n) is 1.54. The third-order valence-corrected chi connectivity index (χ3v) is 2.71. The van der Waals surface area contributed by atoms with Crippen LogP contribution in [-0.2, 0) is 0 Å². The van der Waals surface area contributed by atoms with E-state index in [2.05, 4.69) is 15.3 Å². The number of nitrogens with one attached hydrogen (secondary N) is 1. The third-order valence-electron chi connectivity index (χ3n) is 2.41. The van der Waals surface area contributed by atoms with Gasteiger partial charge in [0.05, 0.1) is 24.9 Å². The van der Waals surface area contributed by atoms with E-state index in [1.807, 2.05) is 0 Å². The van der Waals surface area contributed by atoms with Crippen LogP contribution in [-0.4, -0.2) is 24.2 Å². The number of ether oxygens (including phenoxy) is 2. The Hall–Kier alpha value is -2.21. The number of rotatable bonds is 4. The molecule has 2 rings (SSSR count). The minimum Gasteiger partial charge on any atom is -0.495 e. The highest BCUT2D eigenvalue weighted by atomic mass is 35.5. The molecule has 0 radical (unpaired) electrons. The van der Waals surface area contributed by atoms with Crippen LogP contribution in [0.3, 0.4) is 0 Å². The number of nitrogen functional groups attached to an aromatic ring is 1. The van der Waals surface area contributed by atoms with Gasteiger partial charge in [0.2, 0.25) is 5.95 Å². The van der Waals surface area contributed by atoms with Gasteiger partial charge in [0.1, 0.15) is 17.3 Å². The second-order valence-corrected chi connectivity index (χ2v) is 4.02. The van der Waals surface area contributed by atoms with Crippen molar-refractivity contribution in [2.24, 2.45) is 0 Å². The minimum atomic E-state index is 0.184. The van der Waals surface area contributed by atoms with Crippen LogP contribution in [0.2, 0.25) is 5.02 Å². The lowest BCUT2D eigenvalue weighted by molar-refractivity contribution is 0.396. The van der Waals surface area contributed by atoms with Crippen LogP contribution in [0, 0.1) is 0 Å². The molecule has 1 aromatic heterocycles. The van der Waals surface area contributed by atoms with Crippen LogP contribution in [0.25, 0.3) is 0 Å². The maximum Gasteiger partial charge on any atom is 0.221 e. The lowest BCUT2D eigenvalue weighted by Gasteiger charge is -2.13. The summed E-state index contributed by atoms with van der Waals surface area (Å²) in [6, 6.07) is 5.07. The summed E-state index contributed by atoms with van der Waals surface area (Å²) in [7, 11) is 3.10. The first kappa shape index (κ1) is 13.2. The second-order valence-electron chi connectivity index (χ2n) is 3.61. The van der Waals surface area contributed by atoms with Gasteiger partial charge < -0.3 is 20.5 Å². The normalized spacial score (nSPS) is 10.1. The maximum atomic E-state index is 6.08. The predicted molar refractivity (Wildman–Crippen MR) is 74.3 cm³/mol. The van der Waals surface area contributed by atoms with E-state index >= 15 is 0 Å². The van der Waals surface area contributed by atoms with Gasteiger partial charge in [-0.25, -0.2) is 4.98 Å². The molecular formula is C12H13ClN4O2. The number of nitrogens with zero attached hydrogens (tertiary/aromatic N) is 2. The van der Waals surface area contributed by atoms with Gasteiger partial charge in [0, 0.05) is 12.3 Å². The first-order valence-corrected chi connectivity index (χ1v) is 5.79. The third kappa shape index (κ3) is 2.97. The first-order valence-electron chi connectivity index (χ1n) is 5.41. The van der Waals surface area contributed by atoms with Gasteiger partial charge in [-0.2, -0.15) is 4.98 Å². The van der Waals surface area contributed by atoms with Crippen molar-refractivity contribution in [1.29, 1.82) is 0 Å².